The molecule has 1 atom stereocenters. The Labute approximate surface area is 143 Å². The van der Waals surface area contributed by atoms with Gasteiger partial charge in [0, 0.05) is 17.5 Å². The van der Waals surface area contributed by atoms with E-state index < -0.39 is 0 Å². The number of carbonyl (C=O) groups excluding carboxylic acids is 1. The van der Waals surface area contributed by atoms with Crippen molar-refractivity contribution in [2.24, 2.45) is 11.7 Å². The van der Waals surface area contributed by atoms with E-state index >= 15 is 0 Å². The molecular formula is C18H25ClN2O2. The zero-order chi connectivity index (χ0) is 15.9. The van der Waals surface area contributed by atoms with Crippen molar-refractivity contribution >= 4 is 29.3 Å². The van der Waals surface area contributed by atoms with Crippen molar-refractivity contribution in [2.45, 2.75) is 45.6 Å². The molecule has 1 aliphatic carbocycles. The molecule has 0 aliphatic heterocycles. The van der Waals surface area contributed by atoms with Gasteiger partial charge in [-0.15, -0.1) is 12.4 Å². The Bertz CT molecular complexity index is 721. The molecule has 1 heterocycles. The van der Waals surface area contributed by atoms with Crippen molar-refractivity contribution in [1.82, 2.24) is 5.32 Å². The fourth-order valence-electron chi connectivity index (χ4n) is 3.10. The van der Waals surface area contributed by atoms with Gasteiger partial charge in [0.1, 0.15) is 5.58 Å². The van der Waals surface area contributed by atoms with Gasteiger partial charge in [-0.3, -0.25) is 4.79 Å². The number of fused-ring (bicyclic) bond motifs is 1. The Morgan fingerprint density at radius 3 is 2.70 bits per heavy atom. The lowest BCUT2D eigenvalue weighted by molar-refractivity contribution is -0.122. The summed E-state index contributed by atoms with van der Waals surface area (Å²) in [6.45, 7) is 6.63. The second-order valence-corrected chi connectivity index (χ2v) is 6.77. The second kappa shape index (κ2) is 6.54. The van der Waals surface area contributed by atoms with Crippen LogP contribution < -0.4 is 11.1 Å². The van der Waals surface area contributed by atoms with Crippen LogP contribution in [0.3, 0.4) is 0 Å². The first-order valence-corrected chi connectivity index (χ1v) is 7.92. The van der Waals surface area contributed by atoms with E-state index in [1.165, 1.54) is 5.56 Å². The number of nitrogens with two attached hydrogens (primary N) is 1. The molecule has 1 amide bonds. The normalized spacial score (nSPS) is 16.7. The Hall–Kier alpha value is -1.52. The number of furan rings is 1. The number of hydrogen-bond acceptors (Lipinski definition) is 3. The van der Waals surface area contributed by atoms with E-state index in [0.717, 1.165) is 34.9 Å². The van der Waals surface area contributed by atoms with Crippen molar-refractivity contribution in [3.05, 3.63) is 35.1 Å². The molecule has 0 radical (unpaired) electrons. The van der Waals surface area contributed by atoms with E-state index in [1.807, 2.05) is 19.9 Å². The van der Waals surface area contributed by atoms with Crippen LogP contribution in [0.4, 0.5) is 0 Å². The number of rotatable bonds is 5. The minimum absolute atomic E-state index is 0. The first kappa shape index (κ1) is 17.8. The molecule has 1 aliphatic rings. The lowest BCUT2D eigenvalue weighted by Gasteiger charge is -2.29. The van der Waals surface area contributed by atoms with Gasteiger partial charge in [-0.1, -0.05) is 12.1 Å². The number of hydrogen-bond donors (Lipinski definition) is 2. The topological polar surface area (TPSA) is 68.3 Å². The zero-order valence-corrected chi connectivity index (χ0v) is 14.8. The summed E-state index contributed by atoms with van der Waals surface area (Å²) >= 11 is 0. The van der Waals surface area contributed by atoms with Crippen molar-refractivity contribution in [1.29, 1.82) is 0 Å². The molecule has 126 valence electrons. The van der Waals surface area contributed by atoms with Gasteiger partial charge in [0.05, 0.1) is 18.2 Å². The van der Waals surface area contributed by atoms with E-state index in [0.29, 0.717) is 18.9 Å². The van der Waals surface area contributed by atoms with Crippen LogP contribution in [0.5, 0.6) is 0 Å². The zero-order valence-electron chi connectivity index (χ0n) is 13.9. The Kier molecular flexibility index (Phi) is 5.07. The third-order valence-electron chi connectivity index (χ3n) is 5.02. The van der Waals surface area contributed by atoms with Gasteiger partial charge in [0.2, 0.25) is 5.91 Å². The van der Waals surface area contributed by atoms with Gasteiger partial charge >= 0.3 is 0 Å². The number of benzene rings is 1. The van der Waals surface area contributed by atoms with Crippen molar-refractivity contribution in [2.75, 3.05) is 6.54 Å². The monoisotopic (exact) mass is 336 g/mol. The maximum Gasteiger partial charge on any atom is 0.225 e. The van der Waals surface area contributed by atoms with Gasteiger partial charge in [-0.05, 0) is 50.7 Å². The van der Waals surface area contributed by atoms with Crippen LogP contribution in [-0.4, -0.2) is 18.0 Å². The van der Waals surface area contributed by atoms with E-state index in [4.69, 9.17) is 10.2 Å². The first-order valence-electron chi connectivity index (χ1n) is 7.92. The summed E-state index contributed by atoms with van der Waals surface area (Å²) in [5.74, 6) is 0.535. The van der Waals surface area contributed by atoms with Gasteiger partial charge in [-0.25, -0.2) is 0 Å². The van der Waals surface area contributed by atoms with Crippen LogP contribution in [0.1, 0.15) is 36.5 Å². The van der Waals surface area contributed by atoms with Crippen LogP contribution in [-0.2, 0) is 11.2 Å². The van der Waals surface area contributed by atoms with Gasteiger partial charge < -0.3 is 15.5 Å². The van der Waals surface area contributed by atoms with Gasteiger partial charge in [0.25, 0.3) is 0 Å². The number of aryl methyl sites for hydroxylation is 2. The minimum Gasteiger partial charge on any atom is -0.464 e. The van der Waals surface area contributed by atoms with Gasteiger partial charge in [0.15, 0.2) is 0 Å². The largest absolute Gasteiger partial charge is 0.464 e. The van der Waals surface area contributed by atoms with Crippen molar-refractivity contribution in [3.8, 4) is 0 Å². The van der Waals surface area contributed by atoms with Crippen LogP contribution in [0.25, 0.3) is 11.0 Å². The minimum atomic E-state index is -0.275. The van der Waals surface area contributed by atoms with Crippen molar-refractivity contribution < 1.29 is 9.21 Å². The smallest absolute Gasteiger partial charge is 0.225 e. The molecule has 5 heteroatoms. The predicted octanol–water partition coefficient (Wildman–Crippen LogP) is 3.26. The summed E-state index contributed by atoms with van der Waals surface area (Å²) in [5.41, 5.74) is 9.74. The van der Waals surface area contributed by atoms with E-state index in [-0.39, 0.29) is 23.9 Å². The molecule has 3 N–H and O–H groups in total. The molecule has 1 aromatic heterocycles. The molecule has 1 unspecified atom stereocenters. The molecule has 1 saturated carbocycles. The van der Waals surface area contributed by atoms with Crippen molar-refractivity contribution in [3.63, 3.8) is 0 Å². The Morgan fingerprint density at radius 1 is 1.39 bits per heavy atom. The highest BCUT2D eigenvalue weighted by molar-refractivity contribution is 5.89. The highest BCUT2D eigenvalue weighted by atomic mass is 35.5. The standard InChI is InChI=1S/C18H24N2O2.ClH/c1-11-4-7-15-13(9-22-17(15)12(11)2)8-16(21)20-18(3,10-19)14-5-6-14;/h4,7,9,14H,5-6,8,10,19H2,1-3H3,(H,20,21);1H. The predicted molar refractivity (Wildman–Crippen MR) is 95.0 cm³/mol. The summed E-state index contributed by atoms with van der Waals surface area (Å²) in [7, 11) is 0. The quantitative estimate of drug-likeness (QED) is 0.880. The number of halogens is 1. The summed E-state index contributed by atoms with van der Waals surface area (Å²) < 4.78 is 5.67. The molecule has 0 saturated heterocycles. The molecule has 0 spiro atoms. The van der Waals surface area contributed by atoms with E-state index in [2.05, 4.69) is 18.3 Å². The molecule has 4 nitrogen and oxygen atoms in total. The van der Waals surface area contributed by atoms with E-state index in [1.54, 1.807) is 6.26 Å². The molecule has 3 rings (SSSR count). The number of nitrogens with one attached hydrogen (secondary N) is 1. The Balaban J connectivity index is 0.00000192. The molecule has 0 bridgehead atoms. The number of carbonyl (C=O) groups is 1. The fraction of sp³-hybridized carbons (Fsp3) is 0.500. The second-order valence-electron chi connectivity index (χ2n) is 6.77. The number of amides is 1. The van der Waals surface area contributed by atoms with Crippen LogP contribution in [0.2, 0.25) is 0 Å². The average molecular weight is 337 g/mol. The fourth-order valence-corrected chi connectivity index (χ4v) is 3.10. The Morgan fingerprint density at radius 2 is 2.09 bits per heavy atom. The van der Waals surface area contributed by atoms with Gasteiger partial charge in [-0.2, -0.15) is 0 Å². The lowest BCUT2D eigenvalue weighted by atomic mass is 9.95. The maximum atomic E-state index is 12.4. The molecule has 1 fully saturated rings. The molecular weight excluding hydrogens is 312 g/mol. The maximum absolute atomic E-state index is 12.4. The summed E-state index contributed by atoms with van der Waals surface area (Å²) in [4.78, 5) is 12.4. The summed E-state index contributed by atoms with van der Waals surface area (Å²) in [5, 5.41) is 4.16. The van der Waals surface area contributed by atoms with Crippen LogP contribution >= 0.6 is 12.4 Å². The average Bonchev–Trinajstić information content (AvgIpc) is 3.27. The first-order chi connectivity index (χ1) is 10.4. The summed E-state index contributed by atoms with van der Waals surface area (Å²) in [6, 6.07) is 4.11. The lowest BCUT2D eigenvalue weighted by Crippen LogP contribution is -2.53. The van der Waals surface area contributed by atoms with Crippen LogP contribution in [0.15, 0.2) is 22.8 Å². The van der Waals surface area contributed by atoms with Crippen LogP contribution in [0, 0.1) is 19.8 Å². The molecule has 1 aromatic carbocycles. The molecule has 2 aromatic rings. The van der Waals surface area contributed by atoms with E-state index in [9.17, 15) is 4.79 Å². The summed E-state index contributed by atoms with van der Waals surface area (Å²) in [6.07, 6.45) is 4.34. The SMILES string of the molecule is Cc1ccc2c(CC(=O)NC(C)(CN)C3CC3)coc2c1C.Cl. The highest BCUT2D eigenvalue weighted by Gasteiger charge is 2.41. The molecule has 23 heavy (non-hydrogen) atoms. The third kappa shape index (κ3) is 3.38. The highest BCUT2D eigenvalue weighted by Crippen LogP contribution is 2.39. The third-order valence-corrected chi connectivity index (χ3v) is 5.02.